The summed E-state index contributed by atoms with van der Waals surface area (Å²) in [5.74, 6) is 0.933. The lowest BCUT2D eigenvalue weighted by Gasteiger charge is -2.13. The Morgan fingerprint density at radius 1 is 1.29 bits per heavy atom. The third-order valence-electron chi connectivity index (χ3n) is 2.24. The first-order valence-corrected chi connectivity index (χ1v) is 5.22. The molecule has 0 bridgehead atoms. The summed E-state index contributed by atoms with van der Waals surface area (Å²) < 4.78 is 5.67. The summed E-state index contributed by atoms with van der Waals surface area (Å²) >= 11 is 0. The first-order valence-electron chi connectivity index (χ1n) is 5.22. The van der Waals surface area contributed by atoms with Gasteiger partial charge >= 0.3 is 0 Å². The zero-order valence-electron chi connectivity index (χ0n) is 8.99. The molecule has 1 aromatic rings. The van der Waals surface area contributed by atoms with Gasteiger partial charge in [0.2, 0.25) is 0 Å². The molecule has 0 aliphatic carbocycles. The molecule has 2 heteroatoms. The number of hydrogen-bond donors (Lipinski definition) is 1. The zero-order chi connectivity index (χ0) is 10.4. The van der Waals surface area contributed by atoms with E-state index < -0.39 is 0 Å². The van der Waals surface area contributed by atoms with Crippen molar-refractivity contribution in [3.63, 3.8) is 0 Å². The molecule has 1 atom stereocenters. The summed E-state index contributed by atoms with van der Waals surface area (Å²) in [7, 11) is 0. The first kappa shape index (κ1) is 11.1. The Bertz CT molecular complexity index is 256. The lowest BCUT2D eigenvalue weighted by Crippen LogP contribution is -2.16. The second-order valence-corrected chi connectivity index (χ2v) is 3.50. The summed E-state index contributed by atoms with van der Waals surface area (Å²) in [6, 6.07) is 8.24. The van der Waals surface area contributed by atoms with Gasteiger partial charge in [-0.2, -0.15) is 0 Å². The number of benzene rings is 1. The maximum atomic E-state index is 5.67. The topological polar surface area (TPSA) is 35.2 Å². The molecule has 0 aromatic heterocycles. The first-order chi connectivity index (χ1) is 6.76. The highest BCUT2D eigenvalue weighted by molar-refractivity contribution is 5.27. The molecule has 0 heterocycles. The smallest absolute Gasteiger partial charge is 0.119 e. The molecule has 2 N–H and O–H groups in total. The fraction of sp³-hybridized carbons (Fsp3) is 0.500. The van der Waals surface area contributed by atoms with E-state index in [1.165, 1.54) is 5.56 Å². The van der Waals surface area contributed by atoms with Crippen LogP contribution >= 0.6 is 0 Å². The van der Waals surface area contributed by atoms with E-state index in [9.17, 15) is 0 Å². The summed E-state index contributed by atoms with van der Waals surface area (Å²) in [5.41, 5.74) is 6.79. The molecule has 0 aliphatic heterocycles. The molecule has 0 spiro atoms. The minimum atomic E-state index is 0.201. The van der Waals surface area contributed by atoms with Crippen molar-refractivity contribution in [1.29, 1.82) is 0 Å². The van der Waals surface area contributed by atoms with E-state index >= 15 is 0 Å². The molecule has 2 nitrogen and oxygen atoms in total. The van der Waals surface area contributed by atoms with Gasteiger partial charge in [-0.3, -0.25) is 0 Å². The molecule has 14 heavy (non-hydrogen) atoms. The van der Waals surface area contributed by atoms with Gasteiger partial charge in [-0.15, -0.1) is 0 Å². The van der Waals surface area contributed by atoms with E-state index in [0.29, 0.717) is 6.54 Å². The van der Waals surface area contributed by atoms with Crippen LogP contribution in [0.2, 0.25) is 0 Å². The van der Waals surface area contributed by atoms with Gasteiger partial charge in [-0.25, -0.2) is 0 Å². The van der Waals surface area contributed by atoms with E-state index in [0.717, 1.165) is 18.6 Å². The Labute approximate surface area is 86.1 Å². The third-order valence-corrected chi connectivity index (χ3v) is 2.24. The van der Waals surface area contributed by atoms with Crippen LogP contribution in [-0.4, -0.2) is 12.6 Å². The maximum absolute atomic E-state index is 5.67. The highest BCUT2D eigenvalue weighted by atomic mass is 16.5. The Hall–Kier alpha value is -1.02. The molecule has 0 fully saturated rings. The van der Waals surface area contributed by atoms with Crippen molar-refractivity contribution in [3.05, 3.63) is 29.8 Å². The summed E-state index contributed by atoms with van der Waals surface area (Å²) in [4.78, 5) is 0. The van der Waals surface area contributed by atoms with Crippen LogP contribution in [0.15, 0.2) is 24.3 Å². The van der Waals surface area contributed by atoms with Crippen LogP contribution in [-0.2, 0) is 6.42 Å². The van der Waals surface area contributed by atoms with E-state index in [1.807, 2.05) is 19.1 Å². The Balaban J connectivity index is 2.50. The third kappa shape index (κ3) is 3.38. The van der Waals surface area contributed by atoms with Crippen LogP contribution in [0.4, 0.5) is 0 Å². The molecule has 0 aliphatic rings. The fourth-order valence-electron chi connectivity index (χ4n) is 1.33. The SMILES string of the molecule is CCc1ccc(OC(C)CCN)cc1. The quantitative estimate of drug-likeness (QED) is 0.779. The molecular weight excluding hydrogens is 174 g/mol. The van der Waals surface area contributed by atoms with Crippen molar-refractivity contribution < 1.29 is 4.74 Å². The van der Waals surface area contributed by atoms with Crippen LogP contribution in [0.1, 0.15) is 25.8 Å². The van der Waals surface area contributed by atoms with Crippen molar-refractivity contribution in [1.82, 2.24) is 0 Å². The predicted molar refractivity (Wildman–Crippen MR) is 59.6 cm³/mol. The zero-order valence-corrected chi connectivity index (χ0v) is 8.99. The van der Waals surface area contributed by atoms with Crippen LogP contribution in [0, 0.1) is 0 Å². The van der Waals surface area contributed by atoms with Gasteiger partial charge in [-0.05, 0) is 44.0 Å². The van der Waals surface area contributed by atoms with Gasteiger partial charge in [0, 0.05) is 0 Å². The van der Waals surface area contributed by atoms with E-state index in [2.05, 4.69) is 19.1 Å². The van der Waals surface area contributed by atoms with Gasteiger partial charge in [0.15, 0.2) is 0 Å². The van der Waals surface area contributed by atoms with Crippen molar-refractivity contribution >= 4 is 0 Å². The normalized spacial score (nSPS) is 12.5. The maximum Gasteiger partial charge on any atom is 0.119 e. The lowest BCUT2D eigenvalue weighted by molar-refractivity contribution is 0.214. The van der Waals surface area contributed by atoms with Crippen molar-refractivity contribution in [3.8, 4) is 5.75 Å². The lowest BCUT2D eigenvalue weighted by atomic mass is 10.2. The molecule has 0 saturated carbocycles. The minimum absolute atomic E-state index is 0.201. The number of aryl methyl sites for hydroxylation is 1. The summed E-state index contributed by atoms with van der Waals surface area (Å²) in [6.07, 6.45) is 2.17. The largest absolute Gasteiger partial charge is 0.491 e. The highest BCUT2D eigenvalue weighted by Crippen LogP contribution is 2.14. The summed E-state index contributed by atoms with van der Waals surface area (Å²) in [5, 5.41) is 0. The van der Waals surface area contributed by atoms with Gasteiger partial charge in [0.25, 0.3) is 0 Å². The number of nitrogens with two attached hydrogens (primary N) is 1. The molecule has 1 aromatic carbocycles. The van der Waals surface area contributed by atoms with E-state index in [1.54, 1.807) is 0 Å². The molecule has 1 unspecified atom stereocenters. The molecule has 0 radical (unpaired) electrons. The Morgan fingerprint density at radius 2 is 1.93 bits per heavy atom. The molecule has 1 rings (SSSR count). The highest BCUT2D eigenvalue weighted by Gasteiger charge is 2.01. The van der Waals surface area contributed by atoms with Crippen LogP contribution < -0.4 is 10.5 Å². The van der Waals surface area contributed by atoms with Crippen LogP contribution in [0.25, 0.3) is 0 Å². The Kier molecular flexibility index (Phi) is 4.47. The van der Waals surface area contributed by atoms with Crippen LogP contribution in [0.3, 0.4) is 0 Å². The van der Waals surface area contributed by atoms with Gasteiger partial charge in [0.1, 0.15) is 5.75 Å². The second-order valence-electron chi connectivity index (χ2n) is 3.50. The molecule has 78 valence electrons. The van der Waals surface area contributed by atoms with Crippen molar-refractivity contribution in [2.24, 2.45) is 5.73 Å². The van der Waals surface area contributed by atoms with E-state index in [-0.39, 0.29) is 6.10 Å². The number of hydrogen-bond acceptors (Lipinski definition) is 2. The second kappa shape index (κ2) is 5.66. The monoisotopic (exact) mass is 193 g/mol. The van der Waals surface area contributed by atoms with Gasteiger partial charge in [0.05, 0.1) is 6.10 Å². The standard InChI is InChI=1S/C12H19NO/c1-3-11-4-6-12(7-5-11)14-10(2)8-9-13/h4-7,10H,3,8-9,13H2,1-2H3. The number of ether oxygens (including phenoxy) is 1. The molecular formula is C12H19NO. The number of rotatable bonds is 5. The molecule has 0 amide bonds. The average Bonchev–Trinajstić information content (AvgIpc) is 2.19. The van der Waals surface area contributed by atoms with E-state index in [4.69, 9.17) is 10.5 Å². The van der Waals surface area contributed by atoms with Crippen LogP contribution in [0.5, 0.6) is 5.75 Å². The van der Waals surface area contributed by atoms with Gasteiger partial charge in [-0.1, -0.05) is 19.1 Å². The Morgan fingerprint density at radius 3 is 2.43 bits per heavy atom. The molecule has 0 saturated heterocycles. The van der Waals surface area contributed by atoms with Crippen molar-refractivity contribution in [2.75, 3.05) is 6.54 Å². The predicted octanol–water partition coefficient (Wildman–Crippen LogP) is 2.37. The fourth-order valence-corrected chi connectivity index (χ4v) is 1.33. The van der Waals surface area contributed by atoms with Gasteiger partial charge < -0.3 is 10.5 Å². The summed E-state index contributed by atoms with van der Waals surface area (Å²) in [6.45, 7) is 4.86. The average molecular weight is 193 g/mol. The minimum Gasteiger partial charge on any atom is -0.491 e. The van der Waals surface area contributed by atoms with Crippen molar-refractivity contribution in [2.45, 2.75) is 32.8 Å².